The maximum absolute atomic E-state index is 13.4. The Morgan fingerprint density at radius 2 is 1.74 bits per heavy atom. The summed E-state index contributed by atoms with van der Waals surface area (Å²) < 4.78 is 1.61. The van der Waals surface area contributed by atoms with Crippen molar-refractivity contribution in [1.29, 1.82) is 0 Å². The molecule has 9 nitrogen and oxygen atoms in total. The van der Waals surface area contributed by atoms with Gasteiger partial charge in [0.2, 0.25) is 0 Å². The van der Waals surface area contributed by atoms with Crippen LogP contribution in [0.3, 0.4) is 0 Å². The molecule has 1 fully saturated rings. The minimum absolute atomic E-state index is 0.0848. The third-order valence-corrected chi connectivity index (χ3v) is 7.93. The second-order valence-electron chi connectivity index (χ2n) is 8.11. The van der Waals surface area contributed by atoms with Crippen LogP contribution >= 0.6 is 43.2 Å². The maximum atomic E-state index is 13.4. The van der Waals surface area contributed by atoms with Crippen LogP contribution in [0, 0.1) is 17.0 Å². The summed E-state index contributed by atoms with van der Waals surface area (Å²) in [5.74, 6) is -0.0848. The van der Waals surface area contributed by atoms with E-state index in [4.69, 9.17) is 0 Å². The van der Waals surface area contributed by atoms with Gasteiger partial charge in [0.05, 0.1) is 21.4 Å². The number of carbonyl (C=O) groups is 1. The molecule has 0 unspecified atom stereocenters. The van der Waals surface area contributed by atoms with Crippen molar-refractivity contribution >= 4 is 80.9 Å². The van der Waals surface area contributed by atoms with Gasteiger partial charge in [-0.1, -0.05) is 43.2 Å². The van der Waals surface area contributed by atoms with Crippen LogP contribution in [0.2, 0.25) is 0 Å². The Morgan fingerprint density at radius 3 is 2.46 bits per heavy atom. The van der Waals surface area contributed by atoms with Gasteiger partial charge < -0.3 is 9.80 Å². The summed E-state index contributed by atoms with van der Waals surface area (Å²) in [5.41, 5.74) is 1.46. The molecule has 0 radical (unpaired) electrons. The molecule has 3 heterocycles. The van der Waals surface area contributed by atoms with E-state index in [1.165, 1.54) is 6.07 Å². The zero-order chi connectivity index (χ0) is 24.9. The second-order valence-corrected chi connectivity index (χ2v) is 10.9. The molecule has 0 saturated carbocycles. The number of hydrogen-bond acceptors (Lipinski definition) is 8. The molecule has 0 bridgehead atoms. The Kier molecular flexibility index (Phi) is 6.28. The third kappa shape index (κ3) is 4.53. The minimum Gasteiger partial charge on any atom is -0.344 e. The number of aromatic nitrogens is 2. The van der Waals surface area contributed by atoms with Crippen LogP contribution in [0.5, 0.6) is 0 Å². The van der Waals surface area contributed by atoms with E-state index >= 15 is 0 Å². The number of hydrogen-bond donors (Lipinski definition) is 0. The smallest absolute Gasteiger partial charge is 0.288 e. The van der Waals surface area contributed by atoms with Crippen molar-refractivity contribution < 1.29 is 9.72 Å². The lowest BCUT2D eigenvalue weighted by Crippen LogP contribution is -2.49. The molecule has 0 atom stereocenters. The summed E-state index contributed by atoms with van der Waals surface area (Å²) >= 11 is 7.81. The number of halogens is 2. The number of anilines is 1. The normalized spacial score (nSPS) is 14.0. The predicted molar refractivity (Wildman–Crippen MR) is 143 cm³/mol. The van der Waals surface area contributed by atoms with Gasteiger partial charge in [0.1, 0.15) is 4.70 Å². The lowest BCUT2D eigenvalue weighted by molar-refractivity contribution is -0.382. The van der Waals surface area contributed by atoms with Crippen molar-refractivity contribution in [1.82, 2.24) is 14.9 Å². The number of nitro groups is 1. The number of nitro benzene ring substituents is 1. The summed E-state index contributed by atoms with van der Waals surface area (Å²) in [6.45, 7) is 3.63. The summed E-state index contributed by atoms with van der Waals surface area (Å²) in [6, 6.07) is 10.4. The van der Waals surface area contributed by atoms with Gasteiger partial charge in [-0.05, 0) is 37.3 Å². The standard InChI is InChI=1S/C23H17Br2N5O4S/c1-12-8-16(15-9-13(24)2-3-18(15)26-12)22(32)28-4-6-29(7-5-28)23-27-21(31)17-10-14(25)11-19(30(33)34)20(17)35-23/h2-3,8-11H,4-7H2,1H3. The lowest BCUT2D eigenvalue weighted by atomic mass is 10.1. The Labute approximate surface area is 219 Å². The highest BCUT2D eigenvalue weighted by Gasteiger charge is 2.26. The number of fused-ring (bicyclic) bond motifs is 2. The van der Waals surface area contributed by atoms with Crippen molar-refractivity contribution in [2.24, 2.45) is 0 Å². The van der Waals surface area contributed by atoms with Crippen LogP contribution in [0.1, 0.15) is 16.1 Å². The summed E-state index contributed by atoms with van der Waals surface area (Å²) in [6.07, 6.45) is 0. The largest absolute Gasteiger partial charge is 0.344 e. The number of amides is 1. The van der Waals surface area contributed by atoms with Crippen molar-refractivity contribution in [3.63, 3.8) is 0 Å². The Bertz CT molecular complexity index is 1580. The molecule has 0 aliphatic carbocycles. The molecule has 1 aliphatic rings. The van der Waals surface area contributed by atoms with Crippen molar-refractivity contribution in [3.05, 3.63) is 77.1 Å². The molecule has 2 aromatic carbocycles. The second kappa shape index (κ2) is 9.25. The van der Waals surface area contributed by atoms with Crippen molar-refractivity contribution in [2.45, 2.75) is 6.92 Å². The van der Waals surface area contributed by atoms with E-state index in [1.54, 1.807) is 17.0 Å². The molecule has 178 valence electrons. The van der Waals surface area contributed by atoms with E-state index < -0.39 is 10.5 Å². The molecule has 4 aromatic rings. The van der Waals surface area contributed by atoms with Crippen molar-refractivity contribution in [3.8, 4) is 0 Å². The first kappa shape index (κ1) is 23.8. The van der Waals surface area contributed by atoms with Crippen LogP contribution in [-0.4, -0.2) is 51.9 Å². The van der Waals surface area contributed by atoms with Gasteiger partial charge in [-0.3, -0.25) is 24.7 Å². The summed E-state index contributed by atoms with van der Waals surface area (Å²) in [4.78, 5) is 49.5. The molecular weight excluding hydrogens is 602 g/mol. The Balaban J connectivity index is 1.42. The van der Waals surface area contributed by atoms with E-state index in [0.29, 0.717) is 41.3 Å². The van der Waals surface area contributed by atoms with E-state index in [1.807, 2.05) is 30.0 Å². The highest BCUT2D eigenvalue weighted by molar-refractivity contribution is 9.10. The first-order valence-electron chi connectivity index (χ1n) is 10.6. The summed E-state index contributed by atoms with van der Waals surface area (Å²) in [5, 5.41) is 13.0. The van der Waals surface area contributed by atoms with Gasteiger partial charge in [-0.2, -0.15) is 4.98 Å². The van der Waals surface area contributed by atoms with Crippen LogP contribution in [0.25, 0.3) is 21.0 Å². The Morgan fingerprint density at radius 1 is 1.03 bits per heavy atom. The highest BCUT2D eigenvalue weighted by Crippen LogP contribution is 2.34. The number of rotatable bonds is 3. The average Bonchev–Trinajstić information content (AvgIpc) is 2.83. The lowest BCUT2D eigenvalue weighted by Gasteiger charge is -2.35. The topological polar surface area (TPSA) is 110 Å². The molecule has 5 rings (SSSR count). The van der Waals surface area contributed by atoms with Gasteiger partial charge in [0.25, 0.3) is 17.2 Å². The Hall–Kier alpha value is -2.96. The van der Waals surface area contributed by atoms with Crippen LogP contribution in [0.15, 0.2) is 50.1 Å². The molecule has 0 N–H and O–H groups in total. The molecule has 12 heteroatoms. The molecule has 1 amide bonds. The van der Waals surface area contributed by atoms with Gasteiger partial charge in [-0.25, -0.2) is 0 Å². The van der Waals surface area contributed by atoms with E-state index in [0.717, 1.165) is 32.4 Å². The third-order valence-electron chi connectivity index (χ3n) is 5.82. The number of benzene rings is 2. The zero-order valence-electron chi connectivity index (χ0n) is 18.3. The number of piperazine rings is 1. The fourth-order valence-corrected chi connectivity index (χ4v) is 6.08. The number of nitrogens with zero attached hydrogens (tertiary/aromatic N) is 5. The first-order valence-corrected chi connectivity index (χ1v) is 13.0. The minimum atomic E-state index is -0.513. The zero-order valence-corrected chi connectivity index (χ0v) is 22.3. The quantitative estimate of drug-likeness (QED) is 0.237. The van der Waals surface area contributed by atoms with Gasteiger partial charge in [-0.15, -0.1) is 0 Å². The van der Waals surface area contributed by atoms with E-state index in [2.05, 4.69) is 41.8 Å². The van der Waals surface area contributed by atoms with E-state index in [9.17, 15) is 19.7 Å². The number of pyridine rings is 1. The number of non-ortho nitro benzene ring substituents is 1. The molecule has 1 aliphatic heterocycles. The van der Waals surface area contributed by atoms with Gasteiger partial charge in [0.15, 0.2) is 5.13 Å². The highest BCUT2D eigenvalue weighted by atomic mass is 79.9. The molecule has 2 aromatic heterocycles. The van der Waals surface area contributed by atoms with Crippen molar-refractivity contribution in [2.75, 3.05) is 31.1 Å². The monoisotopic (exact) mass is 617 g/mol. The fourth-order valence-electron chi connectivity index (χ4n) is 4.16. The van der Waals surface area contributed by atoms with Crippen LogP contribution < -0.4 is 10.5 Å². The number of carbonyl (C=O) groups excluding carboxylic acids is 1. The summed E-state index contributed by atoms with van der Waals surface area (Å²) in [7, 11) is 0. The van der Waals surface area contributed by atoms with Gasteiger partial charge >= 0.3 is 0 Å². The molecule has 35 heavy (non-hydrogen) atoms. The fraction of sp³-hybridized carbons (Fsp3) is 0.217. The van der Waals surface area contributed by atoms with Gasteiger partial charge in [0, 0.05) is 52.3 Å². The van der Waals surface area contributed by atoms with E-state index in [-0.39, 0.29) is 21.7 Å². The molecule has 1 saturated heterocycles. The molecule has 0 spiro atoms. The van der Waals surface area contributed by atoms with Crippen LogP contribution in [-0.2, 0) is 0 Å². The predicted octanol–water partition coefficient (Wildman–Crippen LogP) is 4.91. The maximum Gasteiger partial charge on any atom is 0.288 e. The average molecular weight is 619 g/mol. The first-order chi connectivity index (χ1) is 16.7. The number of aryl methyl sites for hydroxylation is 1. The molecular formula is C23H17Br2N5O4S. The SMILES string of the molecule is Cc1cc(C(=O)N2CCN(c3nc(=O)c4cc(Br)cc([N+](=O)[O-])c4s3)CC2)c2cc(Br)ccc2n1. The van der Waals surface area contributed by atoms with Crippen LogP contribution in [0.4, 0.5) is 10.8 Å².